The van der Waals surface area contributed by atoms with Crippen LogP contribution in [0.1, 0.15) is 43.4 Å². The fraction of sp³-hybridized carbons (Fsp3) is 0.296. The van der Waals surface area contributed by atoms with Crippen LogP contribution in [-0.4, -0.2) is 12.6 Å². The molecule has 0 unspecified atom stereocenters. The first kappa shape index (κ1) is 23.3. The van der Waals surface area contributed by atoms with E-state index in [4.69, 9.17) is 14.2 Å². The third kappa shape index (κ3) is 7.12. The van der Waals surface area contributed by atoms with Gasteiger partial charge in [0.15, 0.2) is 11.6 Å². The number of hydrogen-bond donors (Lipinski definition) is 0. The van der Waals surface area contributed by atoms with Crippen molar-refractivity contribution in [2.75, 3.05) is 6.61 Å². The van der Waals surface area contributed by atoms with E-state index in [1.165, 1.54) is 11.6 Å². The monoisotopic (exact) mass is 436 g/mol. The van der Waals surface area contributed by atoms with Gasteiger partial charge < -0.3 is 14.2 Å². The van der Waals surface area contributed by atoms with Crippen molar-refractivity contribution in [3.8, 4) is 17.2 Å². The lowest BCUT2D eigenvalue weighted by Crippen LogP contribution is -2.05. The number of carbonyl (C=O) groups excluding carboxylic acids is 1. The van der Waals surface area contributed by atoms with Crippen LogP contribution in [0.4, 0.5) is 4.39 Å². The maximum atomic E-state index is 14.4. The molecule has 0 aliphatic rings. The average molecular weight is 437 g/mol. The Morgan fingerprint density at radius 2 is 1.62 bits per heavy atom. The first-order valence-corrected chi connectivity index (χ1v) is 11.0. The van der Waals surface area contributed by atoms with Gasteiger partial charge in [0.25, 0.3) is 0 Å². The SMILES string of the molecule is CCCc1ccc(Oc2cccc(COc3ccc(CCC(=O)OCC)cc3F)c2)cc1. The van der Waals surface area contributed by atoms with E-state index in [2.05, 4.69) is 19.1 Å². The van der Waals surface area contributed by atoms with Crippen molar-refractivity contribution in [3.05, 3.63) is 89.2 Å². The Balaban J connectivity index is 1.56. The van der Waals surface area contributed by atoms with E-state index in [0.29, 0.717) is 18.8 Å². The number of rotatable bonds is 11. The predicted octanol–water partition coefficient (Wildman–Crippen LogP) is 6.65. The molecule has 168 valence electrons. The smallest absolute Gasteiger partial charge is 0.306 e. The van der Waals surface area contributed by atoms with Crippen molar-refractivity contribution in [3.63, 3.8) is 0 Å². The van der Waals surface area contributed by atoms with Crippen LogP contribution in [0.5, 0.6) is 17.2 Å². The zero-order valence-corrected chi connectivity index (χ0v) is 18.6. The van der Waals surface area contributed by atoms with Crippen LogP contribution in [-0.2, 0) is 29.0 Å². The molecule has 0 saturated carbocycles. The molecule has 0 atom stereocenters. The number of aryl methyl sites for hydroxylation is 2. The molecule has 0 aromatic heterocycles. The topological polar surface area (TPSA) is 44.8 Å². The van der Waals surface area contributed by atoms with Gasteiger partial charge in [-0.25, -0.2) is 4.39 Å². The van der Waals surface area contributed by atoms with E-state index in [0.717, 1.165) is 29.7 Å². The molecule has 0 heterocycles. The number of esters is 1. The normalized spacial score (nSPS) is 10.6. The van der Waals surface area contributed by atoms with Crippen LogP contribution in [0.2, 0.25) is 0 Å². The molecule has 32 heavy (non-hydrogen) atoms. The van der Waals surface area contributed by atoms with Crippen molar-refractivity contribution in [1.29, 1.82) is 0 Å². The summed E-state index contributed by atoms with van der Waals surface area (Å²) in [5.74, 6) is 0.900. The highest BCUT2D eigenvalue weighted by Crippen LogP contribution is 2.25. The number of carbonyl (C=O) groups is 1. The molecule has 3 rings (SSSR count). The van der Waals surface area contributed by atoms with Gasteiger partial charge in [0.1, 0.15) is 18.1 Å². The van der Waals surface area contributed by atoms with Gasteiger partial charge in [-0.3, -0.25) is 4.79 Å². The first-order valence-electron chi connectivity index (χ1n) is 11.0. The average Bonchev–Trinajstić information content (AvgIpc) is 2.79. The summed E-state index contributed by atoms with van der Waals surface area (Å²) < 4.78 is 30.9. The molecule has 0 aliphatic carbocycles. The van der Waals surface area contributed by atoms with E-state index in [9.17, 15) is 9.18 Å². The van der Waals surface area contributed by atoms with Gasteiger partial charge >= 0.3 is 5.97 Å². The predicted molar refractivity (Wildman–Crippen MR) is 123 cm³/mol. The summed E-state index contributed by atoms with van der Waals surface area (Å²) in [6.07, 6.45) is 2.81. The van der Waals surface area contributed by atoms with E-state index < -0.39 is 5.82 Å². The molecule has 0 spiro atoms. The van der Waals surface area contributed by atoms with Crippen molar-refractivity contribution in [2.45, 2.75) is 46.1 Å². The molecule has 0 aliphatic heterocycles. The minimum Gasteiger partial charge on any atom is -0.486 e. The van der Waals surface area contributed by atoms with Crippen molar-refractivity contribution in [1.82, 2.24) is 0 Å². The molecule has 4 nitrogen and oxygen atoms in total. The lowest BCUT2D eigenvalue weighted by molar-refractivity contribution is -0.143. The highest BCUT2D eigenvalue weighted by atomic mass is 19.1. The van der Waals surface area contributed by atoms with Crippen molar-refractivity contribution >= 4 is 5.97 Å². The van der Waals surface area contributed by atoms with Crippen LogP contribution in [0.15, 0.2) is 66.7 Å². The third-order valence-electron chi connectivity index (χ3n) is 4.91. The van der Waals surface area contributed by atoms with Crippen LogP contribution in [0, 0.1) is 5.82 Å². The van der Waals surface area contributed by atoms with E-state index in [-0.39, 0.29) is 24.7 Å². The Kier molecular flexibility index (Phi) is 8.67. The van der Waals surface area contributed by atoms with Crippen molar-refractivity contribution < 1.29 is 23.4 Å². The Hall–Kier alpha value is -3.34. The molecule has 3 aromatic carbocycles. The number of hydrogen-bond acceptors (Lipinski definition) is 4. The van der Waals surface area contributed by atoms with Crippen LogP contribution in [0.3, 0.4) is 0 Å². The summed E-state index contributed by atoms with van der Waals surface area (Å²) in [5, 5.41) is 0. The minimum atomic E-state index is -0.453. The van der Waals surface area contributed by atoms with Crippen LogP contribution >= 0.6 is 0 Å². The molecule has 3 aromatic rings. The van der Waals surface area contributed by atoms with E-state index in [1.807, 2.05) is 36.4 Å². The fourth-order valence-corrected chi connectivity index (χ4v) is 3.31. The Labute approximate surface area is 188 Å². The first-order chi connectivity index (χ1) is 15.6. The number of benzene rings is 3. The number of halogens is 1. The standard InChI is InChI=1S/C27H29FO4/c1-3-6-20-9-13-23(14-10-20)32-24-8-5-7-22(17-24)19-31-26-15-11-21(18-25(26)28)12-16-27(29)30-4-2/h5,7-11,13-15,17-18H,3-4,6,12,16,19H2,1-2H3. The molecule has 0 bridgehead atoms. The zero-order chi connectivity index (χ0) is 22.8. The second kappa shape index (κ2) is 11.9. The lowest BCUT2D eigenvalue weighted by atomic mass is 10.1. The van der Waals surface area contributed by atoms with Crippen LogP contribution in [0.25, 0.3) is 0 Å². The third-order valence-corrected chi connectivity index (χ3v) is 4.91. The molecule has 0 fully saturated rings. The minimum absolute atomic E-state index is 0.169. The summed E-state index contributed by atoms with van der Waals surface area (Å²) in [4.78, 5) is 11.5. The van der Waals surface area contributed by atoms with Gasteiger partial charge in [-0.05, 0) is 72.9 Å². The number of ether oxygens (including phenoxy) is 3. The van der Waals surface area contributed by atoms with E-state index >= 15 is 0 Å². The zero-order valence-electron chi connectivity index (χ0n) is 18.6. The Morgan fingerprint density at radius 3 is 2.34 bits per heavy atom. The molecular formula is C27H29FO4. The molecule has 0 N–H and O–H groups in total. The summed E-state index contributed by atoms with van der Waals surface area (Å²) in [7, 11) is 0. The lowest BCUT2D eigenvalue weighted by Gasteiger charge is -2.11. The van der Waals surface area contributed by atoms with Gasteiger partial charge in [0.05, 0.1) is 6.61 Å². The van der Waals surface area contributed by atoms with Gasteiger partial charge in [-0.1, -0.05) is 43.7 Å². The van der Waals surface area contributed by atoms with Gasteiger partial charge in [-0.2, -0.15) is 0 Å². The molecule has 5 heteroatoms. The fourth-order valence-electron chi connectivity index (χ4n) is 3.31. The quantitative estimate of drug-likeness (QED) is 0.316. The molecule has 0 radical (unpaired) electrons. The molecule has 0 amide bonds. The highest BCUT2D eigenvalue weighted by molar-refractivity contribution is 5.69. The summed E-state index contributed by atoms with van der Waals surface area (Å²) in [6, 6.07) is 20.4. The largest absolute Gasteiger partial charge is 0.486 e. The molecule has 0 saturated heterocycles. The van der Waals surface area contributed by atoms with Gasteiger partial charge in [0.2, 0.25) is 0 Å². The second-order valence-corrected chi connectivity index (χ2v) is 7.50. The van der Waals surface area contributed by atoms with Gasteiger partial charge in [0, 0.05) is 6.42 Å². The van der Waals surface area contributed by atoms with Crippen LogP contribution < -0.4 is 9.47 Å². The Bertz CT molecular complexity index is 1010. The van der Waals surface area contributed by atoms with E-state index in [1.54, 1.807) is 19.1 Å². The Morgan fingerprint density at radius 1 is 0.844 bits per heavy atom. The maximum Gasteiger partial charge on any atom is 0.306 e. The molecular weight excluding hydrogens is 407 g/mol. The summed E-state index contributed by atoms with van der Waals surface area (Å²) >= 11 is 0. The summed E-state index contributed by atoms with van der Waals surface area (Å²) in [6.45, 7) is 4.48. The summed E-state index contributed by atoms with van der Waals surface area (Å²) in [5.41, 5.74) is 2.88. The highest BCUT2D eigenvalue weighted by Gasteiger charge is 2.08. The van der Waals surface area contributed by atoms with Gasteiger partial charge in [-0.15, -0.1) is 0 Å². The van der Waals surface area contributed by atoms with Crippen molar-refractivity contribution in [2.24, 2.45) is 0 Å². The second-order valence-electron chi connectivity index (χ2n) is 7.50. The maximum absolute atomic E-state index is 14.4.